The normalized spacial score (nSPS) is 10.9. The van der Waals surface area contributed by atoms with Crippen molar-refractivity contribution in [2.75, 3.05) is 32.8 Å². The van der Waals surface area contributed by atoms with Gasteiger partial charge >= 0.3 is 0 Å². The Labute approximate surface area is 112 Å². The molecule has 0 aromatic heterocycles. The van der Waals surface area contributed by atoms with Gasteiger partial charge in [-0.1, -0.05) is 0 Å². The number of Topliss-reactive ketones (excluding diaryl/α,β-unsaturated/α-hetero) is 1. The number of carbonyl (C=O) groups is 1. The highest BCUT2D eigenvalue weighted by Gasteiger charge is 2.08. The van der Waals surface area contributed by atoms with E-state index in [4.69, 9.17) is 10.2 Å². The van der Waals surface area contributed by atoms with Crippen LogP contribution in [-0.2, 0) is 0 Å². The highest BCUT2D eigenvalue weighted by molar-refractivity contribution is 5.95. The van der Waals surface area contributed by atoms with Crippen LogP contribution in [-0.4, -0.2) is 53.7 Å². The molecule has 0 amide bonds. The van der Waals surface area contributed by atoms with E-state index in [0.29, 0.717) is 38.0 Å². The van der Waals surface area contributed by atoms with E-state index in [1.54, 1.807) is 0 Å². The summed E-state index contributed by atoms with van der Waals surface area (Å²) in [5, 5.41) is 17.7. The maximum atomic E-state index is 12.7. The van der Waals surface area contributed by atoms with E-state index in [-0.39, 0.29) is 24.8 Å². The van der Waals surface area contributed by atoms with E-state index in [1.165, 1.54) is 24.3 Å². The van der Waals surface area contributed by atoms with Gasteiger partial charge in [0.2, 0.25) is 0 Å². The van der Waals surface area contributed by atoms with Crippen LogP contribution < -0.4 is 0 Å². The van der Waals surface area contributed by atoms with Crippen LogP contribution >= 0.6 is 0 Å². The molecule has 5 heteroatoms. The molecular weight excluding hydrogens is 249 g/mol. The van der Waals surface area contributed by atoms with Crippen molar-refractivity contribution in [3.8, 4) is 0 Å². The first-order chi connectivity index (χ1) is 9.17. The second-order valence-electron chi connectivity index (χ2n) is 4.32. The zero-order chi connectivity index (χ0) is 14.1. The van der Waals surface area contributed by atoms with Crippen molar-refractivity contribution in [2.24, 2.45) is 0 Å². The fraction of sp³-hybridized carbons (Fsp3) is 0.500. The molecule has 2 N–H and O–H groups in total. The number of hydrogen-bond acceptors (Lipinski definition) is 4. The van der Waals surface area contributed by atoms with Gasteiger partial charge in [0, 0.05) is 25.1 Å². The summed E-state index contributed by atoms with van der Waals surface area (Å²) in [4.78, 5) is 13.7. The molecule has 1 aromatic carbocycles. The van der Waals surface area contributed by atoms with Crippen LogP contribution in [0, 0.1) is 5.82 Å². The Morgan fingerprint density at radius 1 is 1.05 bits per heavy atom. The summed E-state index contributed by atoms with van der Waals surface area (Å²) in [6.07, 6.45) is 1.02. The molecule has 19 heavy (non-hydrogen) atoms. The third-order valence-corrected chi connectivity index (χ3v) is 2.88. The van der Waals surface area contributed by atoms with E-state index in [9.17, 15) is 9.18 Å². The number of hydrogen-bond donors (Lipinski definition) is 2. The lowest BCUT2D eigenvalue weighted by molar-refractivity contribution is 0.0970. The first kappa shape index (κ1) is 15.8. The van der Waals surface area contributed by atoms with Gasteiger partial charge in [-0.15, -0.1) is 0 Å². The summed E-state index contributed by atoms with van der Waals surface area (Å²) in [7, 11) is 0. The largest absolute Gasteiger partial charge is 0.395 e. The number of aliphatic hydroxyl groups is 2. The number of nitrogens with zero attached hydrogens (tertiary/aromatic N) is 1. The molecule has 1 rings (SSSR count). The highest BCUT2D eigenvalue weighted by Crippen LogP contribution is 2.07. The Morgan fingerprint density at radius 2 is 1.63 bits per heavy atom. The van der Waals surface area contributed by atoms with Gasteiger partial charge in [0.1, 0.15) is 5.82 Å². The van der Waals surface area contributed by atoms with Crippen LogP contribution in [0.25, 0.3) is 0 Å². The van der Waals surface area contributed by atoms with E-state index in [0.717, 1.165) is 0 Å². The molecular formula is C14H20FNO3. The molecule has 0 saturated heterocycles. The molecule has 0 aliphatic rings. The number of aliphatic hydroxyl groups excluding tert-OH is 2. The molecule has 0 aliphatic carbocycles. The molecule has 0 aliphatic heterocycles. The fourth-order valence-electron chi connectivity index (χ4n) is 1.86. The third-order valence-electron chi connectivity index (χ3n) is 2.88. The molecule has 0 radical (unpaired) electrons. The summed E-state index contributed by atoms with van der Waals surface area (Å²) >= 11 is 0. The van der Waals surface area contributed by atoms with Crippen LogP contribution in [0.15, 0.2) is 24.3 Å². The van der Waals surface area contributed by atoms with Gasteiger partial charge in [0.25, 0.3) is 0 Å². The average molecular weight is 269 g/mol. The molecule has 0 saturated carbocycles. The lowest BCUT2D eigenvalue weighted by Crippen LogP contribution is -2.31. The van der Waals surface area contributed by atoms with Gasteiger partial charge in [-0.25, -0.2) is 4.39 Å². The van der Waals surface area contributed by atoms with Crippen LogP contribution in [0.2, 0.25) is 0 Å². The monoisotopic (exact) mass is 269 g/mol. The predicted octanol–water partition coefficient (Wildman–Crippen LogP) is 1.08. The SMILES string of the molecule is O=C(CCCN(CCO)CCO)c1ccc(F)cc1. The van der Waals surface area contributed by atoms with E-state index in [2.05, 4.69) is 0 Å². The second-order valence-corrected chi connectivity index (χ2v) is 4.32. The first-order valence-corrected chi connectivity index (χ1v) is 6.40. The summed E-state index contributed by atoms with van der Waals surface area (Å²) in [5.41, 5.74) is 0.511. The lowest BCUT2D eigenvalue weighted by Gasteiger charge is -2.19. The Balaban J connectivity index is 2.35. The highest BCUT2D eigenvalue weighted by atomic mass is 19.1. The van der Waals surface area contributed by atoms with Gasteiger partial charge in [0.05, 0.1) is 13.2 Å². The van der Waals surface area contributed by atoms with Crippen molar-refractivity contribution in [1.29, 1.82) is 0 Å². The molecule has 0 fully saturated rings. The van der Waals surface area contributed by atoms with Gasteiger partial charge < -0.3 is 10.2 Å². The quantitative estimate of drug-likeness (QED) is 0.658. The average Bonchev–Trinajstić information content (AvgIpc) is 2.40. The smallest absolute Gasteiger partial charge is 0.162 e. The Bertz CT molecular complexity index is 375. The number of benzene rings is 1. The lowest BCUT2D eigenvalue weighted by atomic mass is 10.1. The van der Waals surface area contributed by atoms with Crippen molar-refractivity contribution in [3.63, 3.8) is 0 Å². The summed E-state index contributed by atoms with van der Waals surface area (Å²) in [5.74, 6) is -0.374. The van der Waals surface area contributed by atoms with Crippen molar-refractivity contribution in [1.82, 2.24) is 4.90 Å². The Morgan fingerprint density at radius 3 is 2.16 bits per heavy atom. The first-order valence-electron chi connectivity index (χ1n) is 6.40. The van der Waals surface area contributed by atoms with Crippen LogP contribution in [0.5, 0.6) is 0 Å². The third kappa shape index (κ3) is 5.92. The van der Waals surface area contributed by atoms with Gasteiger partial charge in [0.15, 0.2) is 5.78 Å². The van der Waals surface area contributed by atoms with Crippen LogP contribution in [0.3, 0.4) is 0 Å². The Kier molecular flexibility index (Phi) is 7.25. The van der Waals surface area contributed by atoms with E-state index < -0.39 is 0 Å². The van der Waals surface area contributed by atoms with Crippen molar-refractivity contribution in [3.05, 3.63) is 35.6 Å². The molecule has 0 spiro atoms. The summed E-state index contributed by atoms with van der Waals surface area (Å²) in [6.45, 7) is 1.70. The van der Waals surface area contributed by atoms with Crippen molar-refractivity contribution >= 4 is 5.78 Å². The number of rotatable bonds is 9. The van der Waals surface area contributed by atoms with Crippen LogP contribution in [0.4, 0.5) is 4.39 Å². The van der Waals surface area contributed by atoms with Crippen molar-refractivity contribution < 1.29 is 19.4 Å². The minimum absolute atomic E-state index is 0.0204. The van der Waals surface area contributed by atoms with E-state index in [1.807, 2.05) is 4.90 Å². The fourth-order valence-corrected chi connectivity index (χ4v) is 1.86. The van der Waals surface area contributed by atoms with Crippen LogP contribution in [0.1, 0.15) is 23.2 Å². The van der Waals surface area contributed by atoms with Gasteiger partial charge in [-0.05, 0) is 37.2 Å². The molecule has 4 nitrogen and oxygen atoms in total. The summed E-state index contributed by atoms with van der Waals surface area (Å²) in [6, 6.07) is 5.52. The molecule has 0 unspecified atom stereocenters. The maximum Gasteiger partial charge on any atom is 0.162 e. The minimum Gasteiger partial charge on any atom is -0.395 e. The number of ketones is 1. The van der Waals surface area contributed by atoms with Gasteiger partial charge in [-0.2, -0.15) is 0 Å². The summed E-state index contributed by atoms with van der Waals surface area (Å²) < 4.78 is 12.7. The van der Waals surface area contributed by atoms with E-state index >= 15 is 0 Å². The zero-order valence-electron chi connectivity index (χ0n) is 10.9. The van der Waals surface area contributed by atoms with Gasteiger partial charge in [-0.3, -0.25) is 9.69 Å². The Hall–Kier alpha value is -1.30. The molecule has 1 aromatic rings. The standard InChI is InChI=1S/C14H20FNO3/c15-13-5-3-12(4-6-13)14(19)2-1-7-16(8-10-17)9-11-18/h3-6,17-18H,1-2,7-11H2. The number of carbonyl (C=O) groups excluding carboxylic acids is 1. The van der Waals surface area contributed by atoms with Crippen molar-refractivity contribution in [2.45, 2.75) is 12.8 Å². The second kappa shape index (κ2) is 8.74. The molecule has 0 heterocycles. The molecule has 0 atom stereocenters. The predicted molar refractivity (Wildman–Crippen MR) is 70.6 cm³/mol. The molecule has 106 valence electrons. The molecule has 0 bridgehead atoms. The topological polar surface area (TPSA) is 60.8 Å². The minimum atomic E-state index is -0.353. The maximum absolute atomic E-state index is 12.7. The number of halogens is 1. The zero-order valence-corrected chi connectivity index (χ0v) is 10.9.